The molecule has 5 heteroatoms. The van der Waals surface area contributed by atoms with Crippen LogP contribution in [0.15, 0.2) is 24.3 Å². The first-order valence-corrected chi connectivity index (χ1v) is 8.16. The van der Waals surface area contributed by atoms with E-state index in [4.69, 9.17) is 4.74 Å². The van der Waals surface area contributed by atoms with Crippen LogP contribution >= 0.6 is 0 Å². The van der Waals surface area contributed by atoms with Crippen molar-refractivity contribution >= 4 is 11.7 Å². The molecule has 0 spiro atoms. The first kappa shape index (κ1) is 17.5. The molecule has 1 fully saturated rings. The van der Waals surface area contributed by atoms with Gasteiger partial charge in [-0.15, -0.1) is 0 Å². The summed E-state index contributed by atoms with van der Waals surface area (Å²) in [6.07, 6.45) is 1.52. The average molecular weight is 318 g/mol. The highest BCUT2D eigenvalue weighted by Gasteiger charge is 2.28. The molecular weight excluding hydrogens is 292 g/mol. The lowest BCUT2D eigenvalue weighted by molar-refractivity contribution is -0.127. The van der Waals surface area contributed by atoms with E-state index in [0.29, 0.717) is 17.9 Å². The molecular formula is C18H26N2O3. The van der Waals surface area contributed by atoms with Gasteiger partial charge in [0.1, 0.15) is 5.75 Å². The number of amides is 1. The Bertz CT molecular complexity index is 565. The number of Topliss-reactive ketones (excluding diaryl/α,β-unsaturated/α-hetero) is 1. The summed E-state index contributed by atoms with van der Waals surface area (Å²) in [5.74, 6) is 0.387. The van der Waals surface area contributed by atoms with Crippen molar-refractivity contribution in [3.8, 4) is 5.75 Å². The highest BCUT2D eigenvalue weighted by atomic mass is 16.5. The van der Waals surface area contributed by atoms with E-state index in [2.05, 4.69) is 17.6 Å². The molecule has 0 aliphatic carbocycles. The van der Waals surface area contributed by atoms with E-state index in [1.807, 2.05) is 0 Å². The predicted octanol–water partition coefficient (Wildman–Crippen LogP) is 2.16. The topological polar surface area (TPSA) is 67.4 Å². The zero-order valence-electron chi connectivity index (χ0n) is 14.1. The van der Waals surface area contributed by atoms with Crippen LogP contribution in [0.1, 0.15) is 44.0 Å². The second-order valence-electron chi connectivity index (χ2n) is 6.62. The molecule has 1 aliphatic rings. The summed E-state index contributed by atoms with van der Waals surface area (Å²) < 4.78 is 5.66. The van der Waals surface area contributed by atoms with E-state index >= 15 is 0 Å². The summed E-state index contributed by atoms with van der Waals surface area (Å²) in [5, 5.41) is 6.32. The number of carbonyl (C=O) groups excluding carboxylic acids is 2. The molecule has 1 amide bonds. The van der Waals surface area contributed by atoms with Crippen LogP contribution in [-0.2, 0) is 4.79 Å². The number of benzene rings is 1. The summed E-state index contributed by atoms with van der Waals surface area (Å²) in [7, 11) is 0. The van der Waals surface area contributed by atoms with Crippen LogP contribution in [0.25, 0.3) is 0 Å². The van der Waals surface area contributed by atoms with Gasteiger partial charge in [0.2, 0.25) is 0 Å². The van der Waals surface area contributed by atoms with Gasteiger partial charge < -0.3 is 15.4 Å². The fraction of sp³-hybridized carbons (Fsp3) is 0.556. The van der Waals surface area contributed by atoms with E-state index in [0.717, 1.165) is 25.9 Å². The Balaban J connectivity index is 1.87. The Morgan fingerprint density at radius 3 is 2.70 bits per heavy atom. The highest BCUT2D eigenvalue weighted by molar-refractivity contribution is 5.94. The zero-order valence-corrected chi connectivity index (χ0v) is 14.1. The highest BCUT2D eigenvalue weighted by Crippen LogP contribution is 2.26. The van der Waals surface area contributed by atoms with Crippen LogP contribution in [0.3, 0.4) is 0 Å². The third-order valence-electron chi connectivity index (χ3n) is 4.42. The number of nitrogens with one attached hydrogen (secondary N) is 2. The van der Waals surface area contributed by atoms with Crippen molar-refractivity contribution in [2.24, 2.45) is 5.41 Å². The number of piperidine rings is 1. The summed E-state index contributed by atoms with van der Waals surface area (Å²) in [4.78, 5) is 23.6. The standard InChI is InChI=1S/C18H26N2O3/c1-13(21)15-5-4-6-16(11-15)23-14(2)17(22)20-12-18(3)7-9-19-10-8-18/h4-6,11,14,19H,7-10,12H2,1-3H3,(H,20,22). The molecule has 0 bridgehead atoms. The minimum atomic E-state index is -0.595. The largest absolute Gasteiger partial charge is 0.481 e. The van der Waals surface area contributed by atoms with Gasteiger partial charge in [-0.05, 0) is 57.3 Å². The van der Waals surface area contributed by atoms with Crippen molar-refractivity contribution < 1.29 is 14.3 Å². The Labute approximate surface area is 137 Å². The van der Waals surface area contributed by atoms with Gasteiger partial charge in [0, 0.05) is 12.1 Å². The molecule has 0 saturated carbocycles. The van der Waals surface area contributed by atoms with Crippen molar-refractivity contribution in [3.63, 3.8) is 0 Å². The van der Waals surface area contributed by atoms with E-state index in [1.54, 1.807) is 31.2 Å². The number of rotatable bonds is 6. The van der Waals surface area contributed by atoms with Gasteiger partial charge in [-0.2, -0.15) is 0 Å². The summed E-state index contributed by atoms with van der Waals surface area (Å²) in [6.45, 7) is 8.09. The number of ether oxygens (including phenoxy) is 1. The van der Waals surface area contributed by atoms with Crippen LogP contribution in [0, 0.1) is 5.41 Å². The first-order chi connectivity index (χ1) is 10.9. The van der Waals surface area contributed by atoms with Gasteiger partial charge in [0.05, 0.1) is 0 Å². The van der Waals surface area contributed by atoms with E-state index in [1.165, 1.54) is 6.92 Å². The first-order valence-electron chi connectivity index (χ1n) is 8.16. The maximum Gasteiger partial charge on any atom is 0.260 e. The summed E-state index contributed by atoms with van der Waals surface area (Å²) >= 11 is 0. The maximum absolute atomic E-state index is 12.2. The molecule has 0 aromatic heterocycles. The molecule has 2 N–H and O–H groups in total. The molecule has 1 atom stereocenters. The number of ketones is 1. The minimum Gasteiger partial charge on any atom is -0.481 e. The lowest BCUT2D eigenvalue weighted by Gasteiger charge is -2.34. The number of carbonyl (C=O) groups is 2. The molecule has 1 unspecified atom stereocenters. The fourth-order valence-corrected chi connectivity index (χ4v) is 2.70. The normalized spacial score (nSPS) is 18.0. The predicted molar refractivity (Wildman–Crippen MR) is 89.8 cm³/mol. The van der Waals surface area contributed by atoms with Gasteiger partial charge >= 0.3 is 0 Å². The quantitative estimate of drug-likeness (QED) is 0.789. The van der Waals surface area contributed by atoms with Gasteiger partial charge in [-0.25, -0.2) is 0 Å². The molecule has 5 nitrogen and oxygen atoms in total. The van der Waals surface area contributed by atoms with Crippen molar-refractivity contribution in [3.05, 3.63) is 29.8 Å². The maximum atomic E-state index is 12.2. The molecule has 1 aromatic rings. The van der Waals surface area contributed by atoms with Gasteiger partial charge in [-0.3, -0.25) is 9.59 Å². The van der Waals surface area contributed by atoms with E-state index in [9.17, 15) is 9.59 Å². The monoisotopic (exact) mass is 318 g/mol. The van der Waals surface area contributed by atoms with Gasteiger partial charge in [0.25, 0.3) is 5.91 Å². The Morgan fingerprint density at radius 2 is 2.04 bits per heavy atom. The molecule has 1 aromatic carbocycles. The lowest BCUT2D eigenvalue weighted by atomic mass is 9.81. The molecule has 126 valence electrons. The summed E-state index contributed by atoms with van der Waals surface area (Å²) in [6, 6.07) is 6.91. The fourth-order valence-electron chi connectivity index (χ4n) is 2.70. The van der Waals surface area contributed by atoms with Crippen LogP contribution in [0.2, 0.25) is 0 Å². The molecule has 23 heavy (non-hydrogen) atoms. The molecule has 1 heterocycles. The molecule has 1 aliphatic heterocycles. The van der Waals surface area contributed by atoms with Crippen LogP contribution in [0.5, 0.6) is 5.75 Å². The SMILES string of the molecule is CC(=O)c1cccc(OC(C)C(=O)NCC2(C)CCNCC2)c1. The Morgan fingerprint density at radius 1 is 1.35 bits per heavy atom. The van der Waals surface area contributed by atoms with Crippen molar-refractivity contribution in [1.82, 2.24) is 10.6 Å². The van der Waals surface area contributed by atoms with Crippen LogP contribution < -0.4 is 15.4 Å². The smallest absolute Gasteiger partial charge is 0.260 e. The second-order valence-corrected chi connectivity index (χ2v) is 6.62. The number of hydrogen-bond donors (Lipinski definition) is 2. The Kier molecular flexibility index (Phi) is 5.77. The minimum absolute atomic E-state index is 0.0219. The lowest BCUT2D eigenvalue weighted by Crippen LogP contribution is -2.45. The van der Waals surface area contributed by atoms with Crippen LogP contribution in [0.4, 0.5) is 0 Å². The van der Waals surface area contributed by atoms with Gasteiger partial charge in [-0.1, -0.05) is 19.1 Å². The zero-order chi connectivity index (χ0) is 16.9. The van der Waals surface area contributed by atoms with Gasteiger partial charge in [0.15, 0.2) is 11.9 Å². The van der Waals surface area contributed by atoms with Crippen LogP contribution in [-0.4, -0.2) is 37.4 Å². The second kappa shape index (κ2) is 7.59. The Hall–Kier alpha value is -1.88. The summed E-state index contributed by atoms with van der Waals surface area (Å²) in [5.41, 5.74) is 0.729. The molecule has 1 saturated heterocycles. The average Bonchev–Trinajstić information content (AvgIpc) is 2.53. The number of hydrogen-bond acceptors (Lipinski definition) is 4. The van der Waals surface area contributed by atoms with E-state index in [-0.39, 0.29) is 17.1 Å². The third-order valence-corrected chi connectivity index (χ3v) is 4.42. The van der Waals surface area contributed by atoms with Crippen molar-refractivity contribution in [1.29, 1.82) is 0 Å². The van der Waals surface area contributed by atoms with Crippen molar-refractivity contribution in [2.75, 3.05) is 19.6 Å². The van der Waals surface area contributed by atoms with Crippen molar-refractivity contribution in [2.45, 2.75) is 39.7 Å². The molecule has 2 rings (SSSR count). The van der Waals surface area contributed by atoms with E-state index < -0.39 is 6.10 Å². The molecule has 0 radical (unpaired) electrons. The third kappa shape index (κ3) is 5.06.